The van der Waals surface area contributed by atoms with Crippen LogP contribution in [0.25, 0.3) is 0 Å². The fourth-order valence-corrected chi connectivity index (χ4v) is 4.15. The molecule has 5 rings (SSSR count). The van der Waals surface area contributed by atoms with Crippen molar-refractivity contribution in [3.05, 3.63) is 89.2 Å². The van der Waals surface area contributed by atoms with Crippen LogP contribution in [0.4, 0.5) is 10.1 Å². The van der Waals surface area contributed by atoms with Crippen LogP contribution in [-0.2, 0) is 9.59 Å². The van der Waals surface area contributed by atoms with Crippen LogP contribution in [0, 0.1) is 5.82 Å². The molecule has 2 atom stereocenters. The lowest BCUT2D eigenvalue weighted by Crippen LogP contribution is -2.39. The molecule has 2 heterocycles. The molecule has 3 aromatic carbocycles. The van der Waals surface area contributed by atoms with Gasteiger partial charge in [-0.3, -0.25) is 9.59 Å². The highest BCUT2D eigenvalue weighted by Crippen LogP contribution is 2.42. The van der Waals surface area contributed by atoms with Crippen molar-refractivity contribution in [1.29, 1.82) is 0 Å². The highest BCUT2D eigenvalue weighted by molar-refractivity contribution is 6.35. The predicted octanol–water partition coefficient (Wildman–Crippen LogP) is 3.81. The summed E-state index contributed by atoms with van der Waals surface area (Å²) >= 11 is 0. The van der Waals surface area contributed by atoms with Gasteiger partial charge in [0.05, 0.1) is 17.8 Å². The van der Waals surface area contributed by atoms with E-state index in [1.54, 1.807) is 37.3 Å². The SMILES string of the molecule is CC(NC(=O)C(=O)N/N=C1\C[C@@H](c2ccccc2F)Nc2cc3c(cc21)OCO3)c1ccccc1. The Hall–Kier alpha value is -4.40. The molecule has 0 bridgehead atoms. The first-order valence-electron chi connectivity index (χ1n) is 11.2. The number of nitrogens with one attached hydrogen (secondary N) is 3. The summed E-state index contributed by atoms with van der Waals surface area (Å²) in [5, 5.41) is 10.2. The van der Waals surface area contributed by atoms with E-state index in [4.69, 9.17) is 9.47 Å². The molecule has 2 amide bonds. The summed E-state index contributed by atoms with van der Waals surface area (Å²) in [5.74, 6) is -0.960. The van der Waals surface area contributed by atoms with Crippen LogP contribution in [0.5, 0.6) is 11.5 Å². The van der Waals surface area contributed by atoms with Crippen LogP contribution >= 0.6 is 0 Å². The van der Waals surface area contributed by atoms with Crippen LogP contribution in [-0.4, -0.2) is 24.3 Å². The number of benzene rings is 3. The van der Waals surface area contributed by atoms with Gasteiger partial charge in [0.1, 0.15) is 5.82 Å². The molecule has 0 radical (unpaired) electrons. The second kappa shape index (κ2) is 9.46. The van der Waals surface area contributed by atoms with Gasteiger partial charge in [0, 0.05) is 29.3 Å². The zero-order valence-electron chi connectivity index (χ0n) is 18.9. The zero-order valence-corrected chi connectivity index (χ0v) is 18.9. The van der Waals surface area contributed by atoms with Gasteiger partial charge in [-0.2, -0.15) is 5.10 Å². The Kier molecular flexibility index (Phi) is 6.05. The number of ether oxygens (including phenoxy) is 2. The quantitative estimate of drug-likeness (QED) is 0.394. The normalized spacial score (nSPS) is 17.8. The Morgan fingerprint density at radius 3 is 2.51 bits per heavy atom. The summed E-state index contributed by atoms with van der Waals surface area (Å²) in [6.45, 7) is 1.88. The molecular formula is C26H23FN4O4. The summed E-state index contributed by atoms with van der Waals surface area (Å²) in [7, 11) is 0. The van der Waals surface area contributed by atoms with E-state index in [1.807, 2.05) is 30.3 Å². The lowest BCUT2D eigenvalue weighted by Gasteiger charge is -2.29. The third kappa shape index (κ3) is 4.65. The van der Waals surface area contributed by atoms with Crippen molar-refractivity contribution in [2.24, 2.45) is 5.10 Å². The molecule has 3 N–H and O–H groups in total. The minimum atomic E-state index is -0.899. The van der Waals surface area contributed by atoms with E-state index in [1.165, 1.54) is 6.07 Å². The summed E-state index contributed by atoms with van der Waals surface area (Å²) in [5.41, 5.74) is 5.48. The first-order valence-corrected chi connectivity index (χ1v) is 11.2. The van der Waals surface area contributed by atoms with E-state index in [-0.39, 0.29) is 25.1 Å². The van der Waals surface area contributed by atoms with E-state index in [0.717, 1.165) is 5.56 Å². The van der Waals surface area contributed by atoms with E-state index < -0.39 is 17.9 Å². The molecule has 8 nitrogen and oxygen atoms in total. The molecule has 0 fully saturated rings. The Balaban J connectivity index is 1.38. The number of carbonyl (C=O) groups is 2. The van der Waals surface area contributed by atoms with Crippen molar-refractivity contribution in [3.8, 4) is 11.5 Å². The maximum Gasteiger partial charge on any atom is 0.329 e. The van der Waals surface area contributed by atoms with Gasteiger partial charge in [-0.05, 0) is 24.6 Å². The van der Waals surface area contributed by atoms with Crippen LogP contribution < -0.4 is 25.5 Å². The molecule has 0 aliphatic carbocycles. The average Bonchev–Trinajstić information content (AvgIpc) is 3.33. The van der Waals surface area contributed by atoms with E-state index in [0.29, 0.717) is 34.0 Å². The van der Waals surface area contributed by atoms with Gasteiger partial charge in [0.25, 0.3) is 0 Å². The molecule has 0 aromatic heterocycles. The van der Waals surface area contributed by atoms with Crippen molar-refractivity contribution in [2.75, 3.05) is 12.1 Å². The topological polar surface area (TPSA) is 101 Å². The second-order valence-corrected chi connectivity index (χ2v) is 8.28. The van der Waals surface area contributed by atoms with Crippen molar-refractivity contribution in [2.45, 2.75) is 25.4 Å². The summed E-state index contributed by atoms with van der Waals surface area (Å²) in [6.07, 6.45) is 0.274. The largest absolute Gasteiger partial charge is 0.454 e. The van der Waals surface area contributed by atoms with Gasteiger partial charge >= 0.3 is 11.8 Å². The van der Waals surface area contributed by atoms with Crippen molar-refractivity contribution in [3.63, 3.8) is 0 Å². The number of hydrogen-bond donors (Lipinski definition) is 3. The molecule has 178 valence electrons. The summed E-state index contributed by atoms with van der Waals surface area (Å²) in [4.78, 5) is 24.9. The highest BCUT2D eigenvalue weighted by atomic mass is 19.1. The monoisotopic (exact) mass is 474 g/mol. The van der Waals surface area contributed by atoms with E-state index >= 15 is 0 Å². The van der Waals surface area contributed by atoms with Gasteiger partial charge in [-0.25, -0.2) is 9.82 Å². The lowest BCUT2D eigenvalue weighted by molar-refractivity contribution is -0.139. The molecule has 3 aromatic rings. The van der Waals surface area contributed by atoms with Gasteiger partial charge in [-0.15, -0.1) is 0 Å². The van der Waals surface area contributed by atoms with Gasteiger partial charge in [-0.1, -0.05) is 48.5 Å². The Morgan fingerprint density at radius 1 is 1.03 bits per heavy atom. The molecule has 0 saturated heterocycles. The Labute approximate surface area is 201 Å². The molecule has 35 heavy (non-hydrogen) atoms. The van der Waals surface area contributed by atoms with E-state index in [9.17, 15) is 14.0 Å². The highest BCUT2D eigenvalue weighted by Gasteiger charge is 2.29. The second-order valence-electron chi connectivity index (χ2n) is 8.28. The summed E-state index contributed by atoms with van der Waals surface area (Å²) < 4.78 is 25.5. The predicted molar refractivity (Wildman–Crippen MR) is 128 cm³/mol. The first kappa shape index (κ1) is 22.4. The number of nitrogens with zero attached hydrogens (tertiary/aromatic N) is 1. The molecule has 2 aliphatic rings. The number of hydrogen-bond acceptors (Lipinski definition) is 6. The van der Waals surface area contributed by atoms with Crippen molar-refractivity contribution >= 4 is 23.2 Å². The molecule has 0 spiro atoms. The summed E-state index contributed by atoms with van der Waals surface area (Å²) in [6, 6.07) is 18.5. The minimum absolute atomic E-state index is 0.0952. The number of rotatable bonds is 4. The number of fused-ring (bicyclic) bond motifs is 2. The van der Waals surface area contributed by atoms with Gasteiger partial charge in [0.2, 0.25) is 6.79 Å². The fraction of sp³-hybridized carbons (Fsp3) is 0.192. The van der Waals surface area contributed by atoms with E-state index in [2.05, 4.69) is 21.2 Å². The third-order valence-electron chi connectivity index (χ3n) is 5.98. The molecule has 2 aliphatic heterocycles. The number of anilines is 1. The maximum atomic E-state index is 14.5. The molecular weight excluding hydrogens is 451 g/mol. The number of amides is 2. The zero-order chi connectivity index (χ0) is 24.4. The van der Waals surface area contributed by atoms with Crippen LogP contribution in [0.3, 0.4) is 0 Å². The first-order chi connectivity index (χ1) is 17.0. The van der Waals surface area contributed by atoms with Crippen LogP contribution in [0.2, 0.25) is 0 Å². The van der Waals surface area contributed by atoms with Crippen molar-refractivity contribution in [1.82, 2.24) is 10.7 Å². The third-order valence-corrected chi connectivity index (χ3v) is 5.98. The number of halogens is 1. The smallest absolute Gasteiger partial charge is 0.329 e. The van der Waals surface area contributed by atoms with Gasteiger partial charge in [0.15, 0.2) is 11.5 Å². The van der Waals surface area contributed by atoms with Crippen LogP contribution in [0.15, 0.2) is 71.8 Å². The standard InChI is InChI=1S/C26H23FN4O4/c1-15(16-7-3-2-4-8-16)28-25(32)26(33)31-30-22-12-20(17-9-5-6-10-19(17)27)29-21-13-24-23(11-18(21)22)34-14-35-24/h2-11,13,15,20,29H,12,14H2,1H3,(H,28,32)(H,31,33)/b30-22+/t15?,20-/m0/s1. The maximum absolute atomic E-state index is 14.5. The average molecular weight is 474 g/mol. The van der Waals surface area contributed by atoms with Crippen LogP contribution in [0.1, 0.15) is 42.1 Å². The molecule has 9 heteroatoms. The lowest BCUT2D eigenvalue weighted by atomic mass is 9.91. The number of hydrazone groups is 1. The fourth-order valence-electron chi connectivity index (χ4n) is 4.15. The molecule has 0 saturated carbocycles. The van der Waals surface area contributed by atoms with Gasteiger partial charge < -0.3 is 20.1 Å². The number of carbonyl (C=O) groups excluding carboxylic acids is 2. The minimum Gasteiger partial charge on any atom is -0.454 e. The Morgan fingerprint density at radius 2 is 1.74 bits per heavy atom. The molecule has 1 unspecified atom stereocenters. The Bertz CT molecular complexity index is 1310. The van der Waals surface area contributed by atoms with Crippen molar-refractivity contribution < 1.29 is 23.5 Å².